The van der Waals surface area contributed by atoms with Crippen LogP contribution in [0.3, 0.4) is 0 Å². The molecule has 0 spiro atoms. The topological polar surface area (TPSA) is 142 Å². The molecule has 0 aliphatic heterocycles. The van der Waals surface area contributed by atoms with Crippen LogP contribution in [0.25, 0.3) is 10.9 Å². The number of anilines is 1. The fourth-order valence-electron chi connectivity index (χ4n) is 3.67. The van der Waals surface area contributed by atoms with Crippen molar-refractivity contribution in [3.8, 4) is 17.2 Å². The Labute approximate surface area is 209 Å². The van der Waals surface area contributed by atoms with Gasteiger partial charge in [0.15, 0.2) is 11.5 Å². The van der Waals surface area contributed by atoms with Gasteiger partial charge in [0.1, 0.15) is 24.5 Å². The minimum absolute atomic E-state index is 0.0755. The standard InChI is InChI=1S/C26H31N3O7/c1-5-34-26(32)22-16(3)29-18-7-6-8-20(23(18)24(22)27)36-14-15(2)28-25(31)17-9-10-19(33-4)21(13-17)35-12-11-30/h6-10,13,15,30H,5,11-12,14H2,1-4H3,(H2,27,29)(H,28,31). The Bertz CT molecular complexity index is 1250. The van der Waals surface area contributed by atoms with Gasteiger partial charge in [-0.3, -0.25) is 9.78 Å². The van der Waals surface area contributed by atoms with Crippen LogP contribution in [-0.2, 0) is 4.74 Å². The Balaban J connectivity index is 1.75. The van der Waals surface area contributed by atoms with E-state index in [-0.39, 0.29) is 49.6 Å². The monoisotopic (exact) mass is 497 g/mol. The summed E-state index contributed by atoms with van der Waals surface area (Å²) < 4.78 is 21.8. The average Bonchev–Trinajstić information content (AvgIpc) is 2.85. The number of benzene rings is 2. The molecule has 0 saturated heterocycles. The molecule has 0 saturated carbocycles. The van der Waals surface area contributed by atoms with Crippen molar-refractivity contribution in [3.05, 3.63) is 53.2 Å². The second-order valence-electron chi connectivity index (χ2n) is 7.98. The summed E-state index contributed by atoms with van der Waals surface area (Å²) >= 11 is 0. The van der Waals surface area contributed by atoms with Gasteiger partial charge in [0.2, 0.25) is 0 Å². The summed E-state index contributed by atoms with van der Waals surface area (Å²) in [4.78, 5) is 29.7. The van der Waals surface area contributed by atoms with E-state index < -0.39 is 5.97 Å². The fraction of sp³-hybridized carbons (Fsp3) is 0.346. The second kappa shape index (κ2) is 12.1. The quantitative estimate of drug-likeness (QED) is 0.341. The molecule has 1 heterocycles. The third-order valence-electron chi connectivity index (χ3n) is 5.31. The van der Waals surface area contributed by atoms with E-state index in [0.717, 1.165) is 0 Å². The van der Waals surface area contributed by atoms with Crippen molar-refractivity contribution in [2.75, 3.05) is 39.3 Å². The number of amides is 1. The van der Waals surface area contributed by atoms with Crippen molar-refractivity contribution in [2.24, 2.45) is 0 Å². The van der Waals surface area contributed by atoms with Gasteiger partial charge in [-0.1, -0.05) is 6.07 Å². The zero-order valence-corrected chi connectivity index (χ0v) is 20.8. The van der Waals surface area contributed by atoms with E-state index in [1.54, 1.807) is 57.2 Å². The smallest absolute Gasteiger partial charge is 0.342 e. The number of carbonyl (C=O) groups excluding carboxylic acids is 2. The van der Waals surface area contributed by atoms with Crippen LogP contribution >= 0.6 is 0 Å². The number of rotatable bonds is 11. The van der Waals surface area contributed by atoms with Crippen molar-refractivity contribution in [2.45, 2.75) is 26.8 Å². The number of hydrogen-bond acceptors (Lipinski definition) is 9. The molecule has 1 aromatic heterocycles. The lowest BCUT2D eigenvalue weighted by Gasteiger charge is -2.18. The molecule has 1 amide bonds. The molecule has 0 bridgehead atoms. The SMILES string of the molecule is CCOC(=O)c1c(C)nc2cccc(OCC(C)NC(=O)c3ccc(OC)c(OCCO)c3)c2c1N. The first-order valence-electron chi connectivity index (χ1n) is 11.5. The predicted octanol–water partition coefficient (Wildman–Crippen LogP) is 2.88. The molecule has 36 heavy (non-hydrogen) atoms. The van der Waals surface area contributed by atoms with Crippen LogP contribution in [0.4, 0.5) is 5.69 Å². The summed E-state index contributed by atoms with van der Waals surface area (Å²) in [5, 5.41) is 12.4. The molecule has 10 heteroatoms. The fourth-order valence-corrected chi connectivity index (χ4v) is 3.67. The summed E-state index contributed by atoms with van der Waals surface area (Å²) in [7, 11) is 1.49. The normalized spacial score (nSPS) is 11.6. The Morgan fingerprint density at radius 3 is 2.61 bits per heavy atom. The molecular weight excluding hydrogens is 466 g/mol. The summed E-state index contributed by atoms with van der Waals surface area (Å²) in [6, 6.07) is 9.71. The first-order chi connectivity index (χ1) is 17.3. The molecule has 2 aromatic carbocycles. The lowest BCUT2D eigenvalue weighted by atomic mass is 10.1. The van der Waals surface area contributed by atoms with E-state index in [2.05, 4.69) is 10.3 Å². The van der Waals surface area contributed by atoms with Gasteiger partial charge in [-0.25, -0.2) is 4.79 Å². The van der Waals surface area contributed by atoms with Gasteiger partial charge in [0, 0.05) is 5.56 Å². The van der Waals surface area contributed by atoms with E-state index in [1.165, 1.54) is 7.11 Å². The highest BCUT2D eigenvalue weighted by molar-refractivity contribution is 6.07. The molecular formula is C26H31N3O7. The van der Waals surface area contributed by atoms with Crippen LogP contribution in [0.5, 0.6) is 17.2 Å². The van der Waals surface area contributed by atoms with Gasteiger partial charge in [0.05, 0.1) is 48.6 Å². The minimum atomic E-state index is -0.542. The zero-order valence-electron chi connectivity index (χ0n) is 20.8. The molecule has 0 fully saturated rings. The number of aryl methyl sites for hydroxylation is 1. The van der Waals surface area contributed by atoms with Gasteiger partial charge < -0.3 is 35.1 Å². The number of carbonyl (C=O) groups is 2. The predicted molar refractivity (Wildman–Crippen MR) is 135 cm³/mol. The number of nitrogens with zero attached hydrogens (tertiary/aromatic N) is 1. The number of nitrogen functional groups attached to an aromatic ring is 1. The summed E-state index contributed by atoms with van der Waals surface area (Å²) in [5.74, 6) is 0.375. The van der Waals surface area contributed by atoms with Crippen molar-refractivity contribution >= 4 is 28.5 Å². The molecule has 3 aromatic rings. The number of fused-ring (bicyclic) bond motifs is 1. The van der Waals surface area contributed by atoms with Crippen molar-refractivity contribution in [1.82, 2.24) is 10.3 Å². The number of aromatic nitrogens is 1. The molecule has 10 nitrogen and oxygen atoms in total. The van der Waals surface area contributed by atoms with Crippen LogP contribution in [0, 0.1) is 6.92 Å². The van der Waals surface area contributed by atoms with Gasteiger partial charge in [0.25, 0.3) is 5.91 Å². The van der Waals surface area contributed by atoms with E-state index >= 15 is 0 Å². The largest absolute Gasteiger partial charge is 0.493 e. The number of aliphatic hydroxyl groups is 1. The molecule has 3 rings (SSSR count). The maximum Gasteiger partial charge on any atom is 0.342 e. The van der Waals surface area contributed by atoms with Gasteiger partial charge in [-0.2, -0.15) is 0 Å². The molecule has 4 N–H and O–H groups in total. The van der Waals surface area contributed by atoms with Gasteiger partial charge >= 0.3 is 5.97 Å². The summed E-state index contributed by atoms with van der Waals surface area (Å²) in [6.07, 6.45) is 0. The van der Waals surface area contributed by atoms with E-state index in [4.69, 9.17) is 29.8 Å². The highest BCUT2D eigenvalue weighted by Crippen LogP contribution is 2.34. The van der Waals surface area contributed by atoms with Crippen LogP contribution < -0.4 is 25.3 Å². The van der Waals surface area contributed by atoms with Crippen molar-refractivity contribution in [1.29, 1.82) is 0 Å². The summed E-state index contributed by atoms with van der Waals surface area (Å²) in [6.45, 7) is 5.48. The Morgan fingerprint density at radius 2 is 1.92 bits per heavy atom. The molecule has 0 radical (unpaired) electrons. The number of nitrogens with two attached hydrogens (primary N) is 1. The number of hydrogen-bond donors (Lipinski definition) is 3. The lowest BCUT2D eigenvalue weighted by molar-refractivity contribution is 0.0526. The molecule has 0 aliphatic carbocycles. The maximum atomic E-state index is 12.8. The molecule has 192 valence electrons. The Hall–Kier alpha value is -4.05. The van der Waals surface area contributed by atoms with Gasteiger partial charge in [-0.15, -0.1) is 0 Å². The van der Waals surface area contributed by atoms with Crippen LogP contribution in [0.1, 0.15) is 40.3 Å². The number of ether oxygens (including phenoxy) is 4. The number of pyridine rings is 1. The van der Waals surface area contributed by atoms with E-state index in [0.29, 0.717) is 39.4 Å². The zero-order chi connectivity index (χ0) is 26.2. The molecule has 0 aliphatic rings. The van der Waals surface area contributed by atoms with Crippen LogP contribution in [-0.4, -0.2) is 61.5 Å². The number of nitrogens with one attached hydrogen (secondary N) is 1. The van der Waals surface area contributed by atoms with Crippen molar-refractivity contribution < 1.29 is 33.6 Å². The van der Waals surface area contributed by atoms with Crippen LogP contribution in [0.2, 0.25) is 0 Å². The maximum absolute atomic E-state index is 12.8. The third-order valence-corrected chi connectivity index (χ3v) is 5.31. The van der Waals surface area contributed by atoms with Gasteiger partial charge in [-0.05, 0) is 51.1 Å². The highest BCUT2D eigenvalue weighted by Gasteiger charge is 2.21. The van der Waals surface area contributed by atoms with Crippen LogP contribution in [0.15, 0.2) is 36.4 Å². The first kappa shape index (κ1) is 26.6. The summed E-state index contributed by atoms with van der Waals surface area (Å²) in [5.41, 5.74) is 8.22. The van der Waals surface area contributed by atoms with E-state index in [9.17, 15) is 9.59 Å². The average molecular weight is 498 g/mol. The Kier molecular flexibility index (Phi) is 8.91. The van der Waals surface area contributed by atoms with Crippen molar-refractivity contribution in [3.63, 3.8) is 0 Å². The van der Waals surface area contributed by atoms with E-state index in [1.807, 2.05) is 0 Å². The molecule has 1 unspecified atom stereocenters. The third kappa shape index (κ3) is 5.95. The lowest BCUT2D eigenvalue weighted by Crippen LogP contribution is -2.36. The number of methoxy groups -OCH3 is 1. The first-order valence-corrected chi connectivity index (χ1v) is 11.5. The Morgan fingerprint density at radius 1 is 1.14 bits per heavy atom. The number of esters is 1. The highest BCUT2D eigenvalue weighted by atomic mass is 16.5. The minimum Gasteiger partial charge on any atom is -0.493 e. The molecule has 1 atom stereocenters. The number of aliphatic hydroxyl groups excluding tert-OH is 1. The second-order valence-corrected chi connectivity index (χ2v) is 7.98.